The number of urea groups is 1. The van der Waals surface area contributed by atoms with Gasteiger partial charge >= 0.3 is 6.03 Å². The van der Waals surface area contributed by atoms with Crippen LogP contribution < -0.4 is 5.32 Å². The Morgan fingerprint density at radius 2 is 2.17 bits per heavy atom. The van der Waals surface area contributed by atoms with Gasteiger partial charge in [0.2, 0.25) is 0 Å². The van der Waals surface area contributed by atoms with Gasteiger partial charge in [0.25, 0.3) is 0 Å². The second kappa shape index (κ2) is 7.00. The molecule has 1 aromatic carbocycles. The molecule has 0 spiro atoms. The van der Waals surface area contributed by atoms with Crippen LogP contribution >= 0.6 is 0 Å². The zero-order valence-electron chi connectivity index (χ0n) is 13.6. The first-order valence-corrected chi connectivity index (χ1v) is 8.07. The van der Waals surface area contributed by atoms with Gasteiger partial charge in [-0.15, -0.1) is 0 Å². The van der Waals surface area contributed by atoms with E-state index in [2.05, 4.69) is 10.3 Å². The number of nitrogens with zero attached hydrogens (tertiary/aromatic N) is 2. The number of rotatable bonds is 4. The summed E-state index contributed by atoms with van der Waals surface area (Å²) in [6, 6.07) is 7.80. The number of fused-ring (bicyclic) bond motifs is 1. The van der Waals surface area contributed by atoms with Crippen LogP contribution in [0.3, 0.4) is 0 Å². The highest BCUT2D eigenvalue weighted by Gasteiger charge is 2.27. The Bertz CT molecular complexity index is 629. The molecular formula is C17H23N3O3. The van der Waals surface area contributed by atoms with Gasteiger partial charge < -0.3 is 19.4 Å². The minimum absolute atomic E-state index is 0.0160. The van der Waals surface area contributed by atoms with E-state index in [9.17, 15) is 4.79 Å². The van der Waals surface area contributed by atoms with Crippen molar-refractivity contribution in [2.75, 3.05) is 26.8 Å². The summed E-state index contributed by atoms with van der Waals surface area (Å²) in [5.74, 6) is 1.07. The number of aromatic nitrogens is 1. The highest BCUT2D eigenvalue weighted by Crippen LogP contribution is 2.29. The predicted octanol–water partition coefficient (Wildman–Crippen LogP) is 2.75. The number of oxazole rings is 1. The molecule has 0 bridgehead atoms. The zero-order valence-corrected chi connectivity index (χ0v) is 13.6. The maximum absolute atomic E-state index is 12.2. The highest BCUT2D eigenvalue weighted by molar-refractivity contribution is 5.74. The first-order chi connectivity index (χ1) is 11.2. The van der Waals surface area contributed by atoms with Crippen LogP contribution in [0.5, 0.6) is 0 Å². The molecule has 1 aromatic heterocycles. The van der Waals surface area contributed by atoms with Crippen molar-refractivity contribution in [2.24, 2.45) is 0 Å². The second-order valence-electron chi connectivity index (χ2n) is 6.09. The van der Waals surface area contributed by atoms with Crippen molar-refractivity contribution in [3.8, 4) is 0 Å². The van der Waals surface area contributed by atoms with Gasteiger partial charge in [0, 0.05) is 26.1 Å². The fraction of sp³-hybridized carbons (Fsp3) is 0.529. The first kappa shape index (κ1) is 15.8. The van der Waals surface area contributed by atoms with Crippen LogP contribution in [0.1, 0.15) is 31.6 Å². The van der Waals surface area contributed by atoms with E-state index < -0.39 is 0 Å². The Morgan fingerprint density at radius 1 is 1.43 bits per heavy atom. The molecule has 1 N–H and O–H groups in total. The van der Waals surface area contributed by atoms with Crippen molar-refractivity contribution in [1.29, 1.82) is 0 Å². The van der Waals surface area contributed by atoms with E-state index in [-0.39, 0.29) is 18.0 Å². The number of carbonyl (C=O) groups excluding carboxylic acids is 1. The zero-order chi connectivity index (χ0) is 16.2. The van der Waals surface area contributed by atoms with Crippen LogP contribution in [0.25, 0.3) is 11.1 Å². The monoisotopic (exact) mass is 317 g/mol. The lowest BCUT2D eigenvalue weighted by Gasteiger charge is -2.31. The SMILES string of the molecule is COC[C@H](C)NC(=O)N1CCC(c2nc3ccccc3o2)CC1. The molecule has 1 atom stereocenters. The van der Waals surface area contributed by atoms with E-state index in [1.807, 2.05) is 36.1 Å². The number of hydrogen-bond acceptors (Lipinski definition) is 4. The van der Waals surface area contributed by atoms with Crippen molar-refractivity contribution in [3.05, 3.63) is 30.2 Å². The van der Waals surface area contributed by atoms with Crippen molar-refractivity contribution in [3.63, 3.8) is 0 Å². The van der Waals surface area contributed by atoms with Gasteiger partial charge in [-0.25, -0.2) is 9.78 Å². The Hall–Kier alpha value is -2.08. The molecule has 0 unspecified atom stereocenters. The Labute approximate surface area is 135 Å². The standard InChI is InChI=1S/C17H23N3O3/c1-12(11-22-2)18-17(21)20-9-7-13(8-10-20)16-19-14-5-3-4-6-15(14)23-16/h3-6,12-13H,7-11H2,1-2H3,(H,18,21)/t12-/m0/s1. The Morgan fingerprint density at radius 3 is 2.87 bits per heavy atom. The summed E-state index contributed by atoms with van der Waals surface area (Å²) in [6.07, 6.45) is 1.75. The summed E-state index contributed by atoms with van der Waals surface area (Å²) in [5, 5.41) is 2.95. The predicted molar refractivity (Wildman–Crippen MR) is 87.4 cm³/mol. The smallest absolute Gasteiger partial charge is 0.317 e. The molecule has 1 aliphatic rings. The molecule has 1 saturated heterocycles. The lowest BCUT2D eigenvalue weighted by atomic mass is 9.97. The van der Waals surface area contributed by atoms with E-state index in [0.29, 0.717) is 6.61 Å². The summed E-state index contributed by atoms with van der Waals surface area (Å²) in [4.78, 5) is 18.6. The third kappa shape index (κ3) is 3.64. The second-order valence-corrected chi connectivity index (χ2v) is 6.09. The van der Waals surface area contributed by atoms with Crippen LogP contribution in [0.15, 0.2) is 28.7 Å². The number of hydrogen-bond donors (Lipinski definition) is 1. The quantitative estimate of drug-likeness (QED) is 0.941. The lowest BCUT2D eigenvalue weighted by molar-refractivity contribution is 0.151. The van der Waals surface area contributed by atoms with Crippen LogP contribution in [0, 0.1) is 0 Å². The first-order valence-electron chi connectivity index (χ1n) is 8.07. The maximum atomic E-state index is 12.2. The van der Waals surface area contributed by atoms with E-state index in [1.54, 1.807) is 7.11 Å². The van der Waals surface area contributed by atoms with Gasteiger partial charge in [-0.2, -0.15) is 0 Å². The summed E-state index contributed by atoms with van der Waals surface area (Å²) < 4.78 is 10.9. The molecule has 6 nitrogen and oxygen atoms in total. The third-order valence-corrected chi connectivity index (χ3v) is 4.23. The normalized spacial score (nSPS) is 17.4. The molecule has 2 heterocycles. The van der Waals surface area contributed by atoms with Gasteiger partial charge in [-0.3, -0.25) is 0 Å². The molecule has 1 fully saturated rings. The number of piperidine rings is 1. The molecule has 0 aliphatic carbocycles. The minimum Gasteiger partial charge on any atom is -0.440 e. The Balaban J connectivity index is 1.56. The third-order valence-electron chi connectivity index (χ3n) is 4.23. The molecule has 3 rings (SSSR count). The number of para-hydroxylation sites is 2. The molecular weight excluding hydrogens is 294 g/mol. The molecule has 124 valence electrons. The van der Waals surface area contributed by atoms with Gasteiger partial charge in [-0.1, -0.05) is 12.1 Å². The maximum Gasteiger partial charge on any atom is 0.317 e. The highest BCUT2D eigenvalue weighted by atomic mass is 16.5. The largest absolute Gasteiger partial charge is 0.440 e. The molecule has 23 heavy (non-hydrogen) atoms. The number of likely N-dealkylation sites (tertiary alicyclic amines) is 1. The van der Waals surface area contributed by atoms with Crippen LogP contribution in [0.2, 0.25) is 0 Å². The fourth-order valence-corrected chi connectivity index (χ4v) is 2.99. The number of ether oxygens (including phenoxy) is 1. The molecule has 0 radical (unpaired) electrons. The summed E-state index contributed by atoms with van der Waals surface area (Å²) in [6.45, 7) is 3.89. The van der Waals surface area contributed by atoms with E-state index in [1.165, 1.54) is 0 Å². The number of carbonyl (C=O) groups is 1. The molecule has 1 aliphatic heterocycles. The lowest BCUT2D eigenvalue weighted by Crippen LogP contribution is -2.48. The van der Waals surface area contributed by atoms with Gasteiger partial charge in [0.05, 0.1) is 12.6 Å². The number of amides is 2. The van der Waals surface area contributed by atoms with Crippen LogP contribution in [0.4, 0.5) is 4.79 Å². The van der Waals surface area contributed by atoms with Gasteiger partial charge in [0.1, 0.15) is 5.52 Å². The minimum atomic E-state index is -0.0226. The van der Waals surface area contributed by atoms with E-state index in [4.69, 9.17) is 9.15 Å². The van der Waals surface area contributed by atoms with Crippen molar-refractivity contribution >= 4 is 17.1 Å². The fourth-order valence-electron chi connectivity index (χ4n) is 2.99. The van der Waals surface area contributed by atoms with Gasteiger partial charge in [0.15, 0.2) is 11.5 Å². The molecule has 0 saturated carbocycles. The number of methoxy groups -OCH3 is 1. The number of nitrogens with one attached hydrogen (secondary N) is 1. The van der Waals surface area contributed by atoms with Crippen LogP contribution in [-0.4, -0.2) is 48.8 Å². The van der Waals surface area contributed by atoms with Gasteiger partial charge in [-0.05, 0) is 31.9 Å². The summed E-state index contributed by atoms with van der Waals surface area (Å²) >= 11 is 0. The van der Waals surface area contributed by atoms with E-state index in [0.717, 1.165) is 42.9 Å². The topological polar surface area (TPSA) is 67.6 Å². The van der Waals surface area contributed by atoms with Crippen molar-refractivity contribution in [1.82, 2.24) is 15.2 Å². The summed E-state index contributed by atoms with van der Waals surface area (Å²) in [5.41, 5.74) is 1.73. The molecule has 2 amide bonds. The molecule has 2 aromatic rings. The van der Waals surface area contributed by atoms with Crippen LogP contribution in [-0.2, 0) is 4.74 Å². The average Bonchev–Trinajstić information content (AvgIpc) is 2.99. The van der Waals surface area contributed by atoms with Crippen molar-refractivity contribution in [2.45, 2.75) is 31.7 Å². The van der Waals surface area contributed by atoms with Crippen molar-refractivity contribution < 1.29 is 13.9 Å². The van der Waals surface area contributed by atoms with E-state index >= 15 is 0 Å². The number of benzene rings is 1. The Kier molecular flexibility index (Phi) is 4.81. The molecule has 6 heteroatoms. The summed E-state index contributed by atoms with van der Waals surface area (Å²) in [7, 11) is 1.63. The average molecular weight is 317 g/mol.